The Morgan fingerprint density at radius 3 is 2.53 bits per heavy atom. The summed E-state index contributed by atoms with van der Waals surface area (Å²) in [6, 6.07) is 0. The van der Waals surface area contributed by atoms with Crippen LogP contribution in [-0.2, 0) is 16.1 Å². The molecule has 2 rings (SSSR count). The molecule has 2 amide bonds. The predicted molar refractivity (Wildman–Crippen MR) is 61.8 cm³/mol. The maximum Gasteiger partial charge on any atom is 0.229 e. The molecule has 6 heteroatoms. The lowest BCUT2D eigenvalue weighted by Crippen LogP contribution is -2.44. The molecule has 1 aliphatic rings. The van der Waals surface area contributed by atoms with Gasteiger partial charge in [0.1, 0.15) is 0 Å². The minimum atomic E-state index is -0.0890. The number of carbonyl (C=O) groups is 2. The number of imide groups is 1. The maximum absolute atomic E-state index is 11.7. The second-order valence-electron chi connectivity index (χ2n) is 4.49. The Morgan fingerprint density at radius 1 is 1.35 bits per heavy atom. The van der Waals surface area contributed by atoms with Crippen molar-refractivity contribution in [2.24, 2.45) is 5.92 Å². The molecule has 0 aromatic carbocycles. The first-order valence-corrected chi connectivity index (χ1v) is 5.67. The monoisotopic (exact) mass is 236 g/mol. The van der Waals surface area contributed by atoms with Crippen molar-refractivity contribution in [2.75, 3.05) is 12.3 Å². The number of hydrogen-bond donors (Lipinski definition) is 1. The Balaban J connectivity index is 1.94. The molecule has 92 valence electrons. The molecule has 1 saturated heterocycles. The number of aromatic nitrogens is 2. The van der Waals surface area contributed by atoms with Crippen LogP contribution in [0.25, 0.3) is 0 Å². The molecule has 0 bridgehead atoms. The second-order valence-corrected chi connectivity index (χ2v) is 4.49. The van der Waals surface area contributed by atoms with Gasteiger partial charge in [0.25, 0.3) is 0 Å². The van der Waals surface area contributed by atoms with E-state index in [-0.39, 0.29) is 17.7 Å². The number of likely N-dealkylation sites (tertiary alicyclic amines) is 1. The molecule has 0 unspecified atom stereocenters. The van der Waals surface area contributed by atoms with E-state index in [1.807, 2.05) is 6.92 Å². The zero-order valence-corrected chi connectivity index (χ0v) is 9.80. The Bertz CT molecular complexity index is 422. The predicted octanol–water partition coefficient (Wildman–Crippen LogP) is 0.250. The molecule has 0 aliphatic carbocycles. The fourth-order valence-electron chi connectivity index (χ4n) is 1.98. The smallest absolute Gasteiger partial charge is 0.229 e. The molecule has 17 heavy (non-hydrogen) atoms. The van der Waals surface area contributed by atoms with Crippen molar-refractivity contribution < 1.29 is 9.59 Å². The fourth-order valence-corrected chi connectivity index (χ4v) is 1.98. The quantitative estimate of drug-likeness (QED) is 0.763. The van der Waals surface area contributed by atoms with Crippen LogP contribution in [0.5, 0.6) is 0 Å². The summed E-state index contributed by atoms with van der Waals surface area (Å²) in [6.45, 7) is 2.77. The molecular weight excluding hydrogens is 220 g/mol. The summed E-state index contributed by atoms with van der Waals surface area (Å²) >= 11 is 0. The number of nitrogens with zero attached hydrogens (tertiary/aromatic N) is 3. The van der Waals surface area contributed by atoms with Crippen LogP contribution >= 0.6 is 0 Å². The molecule has 0 atom stereocenters. The van der Waals surface area contributed by atoms with E-state index in [2.05, 4.69) is 5.10 Å². The minimum absolute atomic E-state index is 0.0890. The van der Waals surface area contributed by atoms with E-state index in [0.29, 0.717) is 31.6 Å². The molecular formula is C11H16N4O2. The Hall–Kier alpha value is -1.85. The van der Waals surface area contributed by atoms with E-state index in [0.717, 1.165) is 0 Å². The van der Waals surface area contributed by atoms with E-state index in [1.165, 1.54) is 4.90 Å². The standard InChI is InChI=1S/C11H16N4O2/c1-8-4-10(16)15(11(17)5-8)3-2-14-7-9(12)6-13-14/h6-8H,2-5,12H2,1H3. The normalized spacial score (nSPS) is 17.8. The average Bonchev–Trinajstić information content (AvgIpc) is 2.62. The molecule has 6 nitrogen and oxygen atoms in total. The Morgan fingerprint density at radius 2 is 2.00 bits per heavy atom. The highest BCUT2D eigenvalue weighted by Gasteiger charge is 2.29. The van der Waals surface area contributed by atoms with E-state index in [9.17, 15) is 9.59 Å². The second kappa shape index (κ2) is 4.57. The third kappa shape index (κ3) is 2.64. The highest BCUT2D eigenvalue weighted by atomic mass is 16.2. The first-order valence-electron chi connectivity index (χ1n) is 5.67. The SMILES string of the molecule is CC1CC(=O)N(CCn2cc(N)cn2)C(=O)C1. The minimum Gasteiger partial charge on any atom is -0.396 e. The number of nitrogens with two attached hydrogens (primary N) is 1. The van der Waals surface area contributed by atoms with Crippen molar-refractivity contribution in [2.45, 2.75) is 26.3 Å². The number of nitrogen functional groups attached to an aromatic ring is 1. The van der Waals surface area contributed by atoms with Crippen LogP contribution in [0.15, 0.2) is 12.4 Å². The summed E-state index contributed by atoms with van der Waals surface area (Å²) in [5.41, 5.74) is 6.11. The van der Waals surface area contributed by atoms with Crippen LogP contribution in [-0.4, -0.2) is 33.0 Å². The van der Waals surface area contributed by atoms with Crippen molar-refractivity contribution in [1.29, 1.82) is 0 Å². The summed E-state index contributed by atoms with van der Waals surface area (Å²) in [4.78, 5) is 24.7. The van der Waals surface area contributed by atoms with Crippen molar-refractivity contribution in [3.63, 3.8) is 0 Å². The lowest BCUT2D eigenvalue weighted by atomic mass is 9.98. The van der Waals surface area contributed by atoms with Crippen LogP contribution < -0.4 is 5.73 Å². The Kier molecular flexibility index (Phi) is 3.12. The molecule has 0 saturated carbocycles. The molecule has 2 heterocycles. The first-order chi connectivity index (χ1) is 8.06. The molecule has 2 N–H and O–H groups in total. The number of piperidine rings is 1. The molecule has 1 aliphatic heterocycles. The summed E-state index contributed by atoms with van der Waals surface area (Å²) in [7, 11) is 0. The van der Waals surface area contributed by atoms with E-state index in [1.54, 1.807) is 17.1 Å². The van der Waals surface area contributed by atoms with Crippen molar-refractivity contribution in [3.8, 4) is 0 Å². The van der Waals surface area contributed by atoms with E-state index >= 15 is 0 Å². The zero-order chi connectivity index (χ0) is 12.4. The van der Waals surface area contributed by atoms with Crippen LogP contribution in [0.4, 0.5) is 5.69 Å². The molecule has 0 spiro atoms. The van der Waals surface area contributed by atoms with Gasteiger partial charge in [-0.3, -0.25) is 19.2 Å². The summed E-state index contributed by atoms with van der Waals surface area (Å²) in [5, 5.41) is 4.01. The van der Waals surface area contributed by atoms with Crippen molar-refractivity contribution in [1.82, 2.24) is 14.7 Å². The van der Waals surface area contributed by atoms with Gasteiger partial charge in [-0.15, -0.1) is 0 Å². The van der Waals surface area contributed by atoms with Gasteiger partial charge in [0, 0.05) is 25.6 Å². The maximum atomic E-state index is 11.7. The number of hydrogen-bond acceptors (Lipinski definition) is 4. The van der Waals surface area contributed by atoms with Gasteiger partial charge < -0.3 is 5.73 Å². The zero-order valence-electron chi connectivity index (χ0n) is 9.80. The van der Waals surface area contributed by atoms with Crippen LogP contribution in [0.2, 0.25) is 0 Å². The topological polar surface area (TPSA) is 81.2 Å². The van der Waals surface area contributed by atoms with Gasteiger partial charge in [-0.25, -0.2) is 0 Å². The average molecular weight is 236 g/mol. The van der Waals surface area contributed by atoms with Gasteiger partial charge in [-0.1, -0.05) is 6.92 Å². The third-order valence-corrected chi connectivity index (χ3v) is 2.85. The number of carbonyl (C=O) groups excluding carboxylic acids is 2. The Labute approximate surface area is 99.4 Å². The van der Waals surface area contributed by atoms with Crippen LogP contribution in [0, 0.1) is 5.92 Å². The van der Waals surface area contributed by atoms with Gasteiger partial charge in [0.2, 0.25) is 11.8 Å². The summed E-state index contributed by atoms with van der Waals surface area (Å²) < 4.78 is 1.63. The van der Waals surface area contributed by atoms with Gasteiger partial charge in [0.15, 0.2) is 0 Å². The lowest BCUT2D eigenvalue weighted by molar-refractivity contribution is -0.149. The summed E-state index contributed by atoms with van der Waals surface area (Å²) in [5.74, 6) is -0.0191. The first kappa shape index (κ1) is 11.6. The van der Waals surface area contributed by atoms with E-state index in [4.69, 9.17) is 5.73 Å². The van der Waals surface area contributed by atoms with Gasteiger partial charge in [-0.05, 0) is 5.92 Å². The lowest BCUT2D eigenvalue weighted by Gasteiger charge is -2.28. The van der Waals surface area contributed by atoms with Crippen LogP contribution in [0.1, 0.15) is 19.8 Å². The van der Waals surface area contributed by atoms with Crippen LogP contribution in [0.3, 0.4) is 0 Å². The number of amides is 2. The van der Waals surface area contributed by atoms with Crippen molar-refractivity contribution in [3.05, 3.63) is 12.4 Å². The van der Waals surface area contributed by atoms with Gasteiger partial charge in [-0.2, -0.15) is 5.10 Å². The van der Waals surface area contributed by atoms with Gasteiger partial charge >= 0.3 is 0 Å². The number of rotatable bonds is 3. The molecule has 1 fully saturated rings. The van der Waals surface area contributed by atoms with Crippen molar-refractivity contribution >= 4 is 17.5 Å². The van der Waals surface area contributed by atoms with Gasteiger partial charge in [0.05, 0.1) is 18.4 Å². The summed E-state index contributed by atoms with van der Waals surface area (Å²) in [6.07, 6.45) is 4.13. The fraction of sp³-hybridized carbons (Fsp3) is 0.545. The molecule has 1 aromatic heterocycles. The largest absolute Gasteiger partial charge is 0.396 e. The number of anilines is 1. The molecule has 0 radical (unpaired) electrons. The van der Waals surface area contributed by atoms with E-state index < -0.39 is 0 Å². The highest BCUT2D eigenvalue weighted by Crippen LogP contribution is 2.18. The molecule has 1 aromatic rings. The highest BCUT2D eigenvalue weighted by molar-refractivity contribution is 5.97. The third-order valence-electron chi connectivity index (χ3n) is 2.85.